The van der Waals surface area contributed by atoms with Crippen molar-refractivity contribution in [2.45, 2.75) is 25.8 Å². The van der Waals surface area contributed by atoms with Gasteiger partial charge in [-0.15, -0.1) is 0 Å². The second-order valence-electron chi connectivity index (χ2n) is 5.27. The van der Waals surface area contributed by atoms with Crippen molar-refractivity contribution in [2.75, 3.05) is 25.1 Å². The van der Waals surface area contributed by atoms with Crippen LogP contribution < -0.4 is 15.4 Å². The number of para-hydroxylation sites is 1. The Hall–Kier alpha value is -1.82. The third-order valence-electron chi connectivity index (χ3n) is 4.00. The fourth-order valence-electron chi connectivity index (χ4n) is 2.78. The smallest absolute Gasteiger partial charge is 0.333 e. The average Bonchev–Trinajstić information content (AvgIpc) is 2.46. The number of methoxy groups -OCH3 is 1. The summed E-state index contributed by atoms with van der Waals surface area (Å²) in [5, 5.41) is 11.3. The minimum Gasteiger partial charge on any atom is -0.490 e. The zero-order chi connectivity index (χ0) is 14.7. The van der Waals surface area contributed by atoms with Gasteiger partial charge in [-0.1, -0.05) is 6.07 Å². The van der Waals surface area contributed by atoms with Gasteiger partial charge in [0.15, 0.2) is 5.75 Å². The van der Waals surface area contributed by atoms with Gasteiger partial charge in [0, 0.05) is 19.1 Å². The quantitative estimate of drug-likeness (QED) is 0.674. The van der Waals surface area contributed by atoms with E-state index in [9.17, 15) is 10.1 Å². The van der Waals surface area contributed by atoms with E-state index in [1.165, 1.54) is 7.11 Å². The van der Waals surface area contributed by atoms with Crippen LogP contribution >= 0.6 is 0 Å². The van der Waals surface area contributed by atoms with Crippen LogP contribution in [0, 0.1) is 16.0 Å². The number of hydrogen-bond donors (Lipinski definition) is 1. The summed E-state index contributed by atoms with van der Waals surface area (Å²) >= 11 is 0. The van der Waals surface area contributed by atoms with Gasteiger partial charge >= 0.3 is 5.69 Å². The number of nitrogens with two attached hydrogens (primary N) is 1. The first-order valence-electron chi connectivity index (χ1n) is 6.86. The first-order chi connectivity index (χ1) is 9.54. The van der Waals surface area contributed by atoms with E-state index in [4.69, 9.17) is 10.5 Å². The van der Waals surface area contributed by atoms with Crippen molar-refractivity contribution < 1.29 is 9.66 Å². The van der Waals surface area contributed by atoms with E-state index in [0.717, 1.165) is 25.9 Å². The zero-order valence-corrected chi connectivity index (χ0v) is 11.9. The molecule has 1 heterocycles. The Balaban J connectivity index is 2.24. The molecule has 6 heteroatoms. The Labute approximate surface area is 118 Å². The van der Waals surface area contributed by atoms with Crippen molar-refractivity contribution in [1.82, 2.24) is 0 Å². The third-order valence-corrected chi connectivity index (χ3v) is 4.00. The summed E-state index contributed by atoms with van der Waals surface area (Å²) in [5.74, 6) is 0.803. The molecule has 1 atom stereocenters. The number of benzene rings is 1. The first-order valence-corrected chi connectivity index (χ1v) is 6.86. The standard InChI is InChI=1S/C14H21N3O3/c1-10(15)11-6-8-16(9-7-11)12-4-3-5-13(20-2)14(12)17(18)19/h3-5,10-11H,6-9,15H2,1-2H3. The molecule has 1 fully saturated rings. The zero-order valence-electron chi connectivity index (χ0n) is 11.9. The van der Waals surface area contributed by atoms with E-state index >= 15 is 0 Å². The molecule has 2 rings (SSSR count). The number of piperidine rings is 1. The molecule has 1 aromatic carbocycles. The highest BCUT2D eigenvalue weighted by Gasteiger charge is 2.28. The van der Waals surface area contributed by atoms with Crippen molar-refractivity contribution in [1.29, 1.82) is 0 Å². The highest BCUT2D eigenvalue weighted by atomic mass is 16.6. The van der Waals surface area contributed by atoms with Crippen LogP contribution in [0.4, 0.5) is 11.4 Å². The Morgan fingerprint density at radius 1 is 1.45 bits per heavy atom. The SMILES string of the molecule is COc1cccc(N2CCC(C(C)N)CC2)c1[N+](=O)[O-]. The predicted octanol–water partition coefficient (Wildman–Crippen LogP) is 2.17. The molecule has 0 spiro atoms. The van der Waals surface area contributed by atoms with Crippen LogP contribution in [-0.4, -0.2) is 31.2 Å². The Morgan fingerprint density at radius 3 is 2.60 bits per heavy atom. The monoisotopic (exact) mass is 279 g/mol. The Bertz CT molecular complexity index is 483. The lowest BCUT2D eigenvalue weighted by Crippen LogP contribution is -2.39. The summed E-state index contributed by atoms with van der Waals surface area (Å²) in [6.45, 7) is 3.61. The maximum absolute atomic E-state index is 11.3. The van der Waals surface area contributed by atoms with E-state index in [-0.39, 0.29) is 16.7 Å². The van der Waals surface area contributed by atoms with Gasteiger partial charge in [0.2, 0.25) is 0 Å². The van der Waals surface area contributed by atoms with Gasteiger partial charge in [-0.2, -0.15) is 0 Å². The van der Waals surface area contributed by atoms with E-state index in [2.05, 4.69) is 4.90 Å². The summed E-state index contributed by atoms with van der Waals surface area (Å²) in [6.07, 6.45) is 1.93. The van der Waals surface area contributed by atoms with Crippen molar-refractivity contribution in [3.05, 3.63) is 28.3 Å². The molecule has 1 saturated heterocycles. The molecule has 0 bridgehead atoms. The van der Waals surface area contributed by atoms with Gasteiger partial charge < -0.3 is 15.4 Å². The summed E-state index contributed by atoms with van der Waals surface area (Å²) in [6, 6.07) is 5.37. The number of nitrogens with zero attached hydrogens (tertiary/aromatic N) is 2. The molecule has 110 valence electrons. The maximum Gasteiger partial charge on any atom is 0.333 e. The highest BCUT2D eigenvalue weighted by Crippen LogP contribution is 2.38. The molecule has 1 aromatic rings. The van der Waals surface area contributed by atoms with Crippen LogP contribution in [0.1, 0.15) is 19.8 Å². The number of nitro groups is 1. The Kier molecular flexibility index (Phi) is 4.44. The molecule has 0 aliphatic carbocycles. The maximum atomic E-state index is 11.3. The van der Waals surface area contributed by atoms with E-state index in [1.54, 1.807) is 18.2 Å². The fourth-order valence-corrected chi connectivity index (χ4v) is 2.78. The van der Waals surface area contributed by atoms with E-state index in [0.29, 0.717) is 17.4 Å². The van der Waals surface area contributed by atoms with Gasteiger partial charge in [-0.05, 0) is 37.8 Å². The molecule has 20 heavy (non-hydrogen) atoms. The number of ether oxygens (including phenoxy) is 1. The topological polar surface area (TPSA) is 81.6 Å². The number of hydrogen-bond acceptors (Lipinski definition) is 5. The number of rotatable bonds is 4. The van der Waals surface area contributed by atoms with Crippen molar-refractivity contribution in [3.63, 3.8) is 0 Å². The summed E-state index contributed by atoms with van der Waals surface area (Å²) < 4.78 is 5.11. The molecular weight excluding hydrogens is 258 g/mol. The lowest BCUT2D eigenvalue weighted by molar-refractivity contribution is -0.385. The first kappa shape index (κ1) is 14.6. The molecule has 1 unspecified atom stereocenters. The summed E-state index contributed by atoms with van der Waals surface area (Å²) in [7, 11) is 1.45. The van der Waals surface area contributed by atoms with Crippen LogP contribution in [0.25, 0.3) is 0 Å². The fraction of sp³-hybridized carbons (Fsp3) is 0.571. The molecule has 0 amide bonds. The van der Waals surface area contributed by atoms with Crippen LogP contribution in [-0.2, 0) is 0 Å². The van der Waals surface area contributed by atoms with Gasteiger partial charge in [0.25, 0.3) is 0 Å². The molecule has 6 nitrogen and oxygen atoms in total. The summed E-state index contributed by atoms with van der Waals surface area (Å²) in [5.41, 5.74) is 6.62. The second kappa shape index (κ2) is 6.09. The van der Waals surface area contributed by atoms with Crippen LogP contribution in [0.5, 0.6) is 5.75 Å². The number of nitro benzene ring substituents is 1. The predicted molar refractivity (Wildman–Crippen MR) is 78.2 cm³/mol. The molecule has 0 aromatic heterocycles. The molecule has 1 aliphatic heterocycles. The third kappa shape index (κ3) is 2.85. The summed E-state index contributed by atoms with van der Waals surface area (Å²) in [4.78, 5) is 13.0. The minimum atomic E-state index is -0.369. The van der Waals surface area contributed by atoms with Gasteiger partial charge in [-0.3, -0.25) is 10.1 Å². The Morgan fingerprint density at radius 2 is 2.10 bits per heavy atom. The van der Waals surface area contributed by atoms with Crippen molar-refractivity contribution >= 4 is 11.4 Å². The lowest BCUT2D eigenvalue weighted by Gasteiger charge is -2.34. The molecule has 1 aliphatic rings. The highest BCUT2D eigenvalue weighted by molar-refractivity contribution is 5.69. The normalized spacial score (nSPS) is 17.9. The molecule has 0 saturated carbocycles. The number of anilines is 1. The van der Waals surface area contributed by atoms with Crippen molar-refractivity contribution in [3.8, 4) is 5.75 Å². The minimum absolute atomic E-state index is 0.0502. The molecule has 0 radical (unpaired) electrons. The largest absolute Gasteiger partial charge is 0.490 e. The van der Waals surface area contributed by atoms with E-state index in [1.807, 2.05) is 6.92 Å². The van der Waals surface area contributed by atoms with Crippen LogP contribution in [0.15, 0.2) is 18.2 Å². The average molecular weight is 279 g/mol. The van der Waals surface area contributed by atoms with Crippen molar-refractivity contribution in [2.24, 2.45) is 11.7 Å². The molecule has 2 N–H and O–H groups in total. The lowest BCUT2D eigenvalue weighted by atomic mass is 9.90. The van der Waals surface area contributed by atoms with Gasteiger partial charge in [0.05, 0.1) is 12.0 Å². The van der Waals surface area contributed by atoms with Crippen LogP contribution in [0.3, 0.4) is 0 Å². The van der Waals surface area contributed by atoms with Gasteiger partial charge in [0.1, 0.15) is 5.69 Å². The van der Waals surface area contributed by atoms with Gasteiger partial charge in [-0.25, -0.2) is 0 Å². The van der Waals surface area contributed by atoms with Crippen LogP contribution in [0.2, 0.25) is 0 Å². The molecular formula is C14H21N3O3. The van der Waals surface area contributed by atoms with E-state index < -0.39 is 0 Å². The second-order valence-corrected chi connectivity index (χ2v) is 5.27.